The molecule has 1 aromatic heterocycles. The molecular weight excluding hydrogens is 871 g/mol. The summed E-state index contributed by atoms with van der Waals surface area (Å²) in [5.41, 5.74) is 7.31. The number of phosphoric ester groups is 2. The van der Waals surface area contributed by atoms with Crippen LogP contribution in [0.25, 0.3) is 10.4 Å². The lowest BCUT2D eigenvalue weighted by Crippen LogP contribution is -2.33. The highest BCUT2D eigenvalue weighted by molar-refractivity contribution is 7.61. The lowest BCUT2D eigenvalue weighted by atomic mass is 10.1. The number of azide groups is 1. The molecule has 334 valence electrons. The summed E-state index contributed by atoms with van der Waals surface area (Å²) in [4.78, 5) is 64.4. The van der Waals surface area contributed by atoms with Crippen molar-refractivity contribution in [1.29, 1.82) is 0 Å². The highest BCUT2D eigenvalue weighted by Gasteiger charge is 2.42. The first-order valence-electron chi connectivity index (χ1n) is 18.2. The fourth-order valence-electron chi connectivity index (χ4n) is 5.51. The molecule has 25 heteroatoms. The average molecular weight is 913 g/mol. The van der Waals surface area contributed by atoms with Gasteiger partial charge in [0.2, 0.25) is 0 Å². The van der Waals surface area contributed by atoms with E-state index in [1.165, 1.54) is 61.7 Å². The molecule has 0 saturated carbocycles. The van der Waals surface area contributed by atoms with Gasteiger partial charge < -0.3 is 25.3 Å². The van der Waals surface area contributed by atoms with Gasteiger partial charge in [-0.1, -0.05) is 42.7 Å². The summed E-state index contributed by atoms with van der Waals surface area (Å²) in [5.74, 6) is -1.19. The summed E-state index contributed by atoms with van der Waals surface area (Å²) < 4.78 is 104. The molecule has 1 aliphatic rings. The molecule has 5 atom stereocenters. The first-order valence-corrected chi connectivity index (χ1v) is 21.2. The first-order chi connectivity index (χ1) is 28.9. The Morgan fingerprint density at radius 2 is 1.53 bits per heavy atom. The second-order valence-corrected chi connectivity index (χ2v) is 16.5. The summed E-state index contributed by atoms with van der Waals surface area (Å²) >= 11 is 0. The first kappa shape index (κ1) is 49.2. The number of halogens is 3. The quantitative estimate of drug-likeness (QED) is 0.0201. The molecule has 0 spiro atoms. The molecule has 1 saturated heterocycles. The van der Waals surface area contributed by atoms with E-state index in [2.05, 4.69) is 15.0 Å². The van der Waals surface area contributed by atoms with Gasteiger partial charge in [-0.2, -0.15) is 17.5 Å². The van der Waals surface area contributed by atoms with Crippen LogP contribution in [0.15, 0.2) is 93.7 Å². The number of unbranched alkanes of at least 4 members (excludes halogenated alkanes) is 1. The van der Waals surface area contributed by atoms with Crippen LogP contribution in [-0.2, 0) is 55.9 Å². The van der Waals surface area contributed by atoms with Gasteiger partial charge in [-0.05, 0) is 78.5 Å². The minimum atomic E-state index is -5.39. The number of nitrogens with zero attached hydrogens (tertiary/aromatic N) is 4. The van der Waals surface area contributed by atoms with Gasteiger partial charge in [-0.3, -0.25) is 32.7 Å². The van der Waals surface area contributed by atoms with E-state index in [1.807, 2.05) is 6.92 Å². The summed E-state index contributed by atoms with van der Waals surface area (Å²) in [6, 6.07) is 13.4. The van der Waals surface area contributed by atoms with Crippen LogP contribution in [-0.4, -0.2) is 45.1 Å². The van der Waals surface area contributed by atoms with Crippen LogP contribution in [0, 0.1) is 6.92 Å². The van der Waals surface area contributed by atoms with E-state index in [0.717, 1.165) is 35.3 Å². The second-order valence-electron chi connectivity index (χ2n) is 13.3. The number of nitrogens with one attached hydrogen (secondary N) is 1. The van der Waals surface area contributed by atoms with E-state index < -0.39 is 88.8 Å². The number of carbonyl (C=O) groups excluding carboxylic acids is 2. The van der Waals surface area contributed by atoms with Crippen molar-refractivity contribution < 1.29 is 68.9 Å². The Hall–Kier alpha value is -5.44. The number of alkyl halides is 3. The standard InChI is InChI=1S/C37H38F3N5O14P2.H3N/c1-3-4-5-33(46)56-28-14-6-24(7-15-28)20-54-61(52,55-21-25-8-16-29(17-9-25)57-35(48)26-10-12-27(13-11-26)37(38,39)40)59-60(50,51)53-22-31-30(43-44-41)18-32(58-31)45-19-23(2)34(47)42-36(45)49;/h6-17,19,30-32H,3-5,18,20-22H2,1-2H3,(H,50,51)(H,42,47,49);1H3/t30?,31-,32-,61?;/m1./s1. The van der Waals surface area contributed by atoms with Gasteiger partial charge in [0, 0.05) is 29.5 Å². The topological polar surface area (TPSA) is 292 Å². The van der Waals surface area contributed by atoms with Crippen LogP contribution in [0.3, 0.4) is 0 Å². The highest BCUT2D eigenvalue weighted by atomic mass is 31.3. The van der Waals surface area contributed by atoms with Crippen LogP contribution in [0.4, 0.5) is 13.2 Å². The Morgan fingerprint density at radius 3 is 2.08 bits per heavy atom. The van der Waals surface area contributed by atoms with Crippen LogP contribution in [0.1, 0.15) is 71.4 Å². The largest absolute Gasteiger partial charge is 0.484 e. The molecule has 5 N–H and O–H groups in total. The Morgan fingerprint density at radius 1 is 0.952 bits per heavy atom. The molecule has 0 amide bonds. The average Bonchev–Trinajstić information content (AvgIpc) is 3.62. The molecule has 3 aromatic carbocycles. The van der Waals surface area contributed by atoms with Crippen molar-refractivity contribution in [2.75, 3.05) is 6.61 Å². The number of hydrogen-bond acceptors (Lipinski definition) is 15. The van der Waals surface area contributed by atoms with E-state index in [0.29, 0.717) is 12.0 Å². The maximum Gasteiger partial charge on any atom is 0.484 e. The maximum absolute atomic E-state index is 14.0. The molecule has 20 nitrogen and oxygen atoms in total. The lowest BCUT2D eigenvalue weighted by molar-refractivity contribution is -0.137. The Kier molecular flexibility index (Phi) is 17.1. The van der Waals surface area contributed by atoms with Crippen LogP contribution < -0.4 is 26.9 Å². The van der Waals surface area contributed by atoms with E-state index in [4.69, 9.17) is 37.6 Å². The number of rotatable bonds is 19. The van der Waals surface area contributed by atoms with Crippen molar-refractivity contribution in [2.24, 2.45) is 5.11 Å². The van der Waals surface area contributed by atoms with Crippen LogP contribution in [0.2, 0.25) is 0 Å². The van der Waals surface area contributed by atoms with Crippen LogP contribution in [0.5, 0.6) is 11.5 Å². The zero-order valence-electron chi connectivity index (χ0n) is 33.0. The predicted molar refractivity (Wildman–Crippen MR) is 211 cm³/mol. The molecule has 1 fully saturated rings. The second kappa shape index (κ2) is 21.6. The Bertz CT molecular complexity index is 2450. The summed E-state index contributed by atoms with van der Waals surface area (Å²) in [6.07, 6.45) is -4.15. The predicted octanol–water partition coefficient (Wildman–Crippen LogP) is 7.98. The van der Waals surface area contributed by atoms with Crippen molar-refractivity contribution in [3.63, 3.8) is 0 Å². The fraction of sp³-hybridized carbons (Fsp3) is 0.351. The third kappa shape index (κ3) is 14.0. The number of esters is 2. The number of hydrogen-bond donors (Lipinski definition) is 3. The van der Waals surface area contributed by atoms with Crippen molar-refractivity contribution in [3.8, 4) is 11.5 Å². The number of H-pyrrole nitrogens is 1. The molecule has 62 heavy (non-hydrogen) atoms. The number of aryl methyl sites for hydroxylation is 1. The van der Waals surface area contributed by atoms with Crippen molar-refractivity contribution in [2.45, 2.75) is 77.3 Å². The molecule has 3 unspecified atom stereocenters. The van der Waals surface area contributed by atoms with E-state index in [9.17, 15) is 46.4 Å². The normalized spacial score (nSPS) is 18.1. The van der Waals surface area contributed by atoms with Gasteiger partial charge in [-0.15, -0.1) is 0 Å². The Balaban J connectivity index is 0.00000845. The van der Waals surface area contributed by atoms with Gasteiger partial charge in [0.15, 0.2) is 0 Å². The minimum Gasteiger partial charge on any atom is -0.427 e. The maximum atomic E-state index is 14.0. The van der Waals surface area contributed by atoms with Gasteiger partial charge in [0.05, 0.1) is 43.1 Å². The third-order valence-corrected chi connectivity index (χ3v) is 11.7. The molecule has 0 aliphatic carbocycles. The number of benzene rings is 3. The molecule has 5 rings (SSSR count). The molecule has 1 aliphatic heterocycles. The van der Waals surface area contributed by atoms with Gasteiger partial charge >= 0.3 is 39.5 Å². The summed E-state index contributed by atoms with van der Waals surface area (Å²) in [5, 5.41) is 3.61. The van der Waals surface area contributed by atoms with Crippen LogP contribution >= 0.6 is 15.6 Å². The SMILES string of the molecule is CCCCC(=O)Oc1ccc(COP(=O)(OCc2ccc(OC(=O)c3ccc(C(F)(F)F)cc3)cc2)OP(=O)(O)OC[C@H]2O[C@@H](n3cc(C)c(=O)[nH]c3=O)CC2N=[N+]=[N-])cc1.N. The summed E-state index contributed by atoms with van der Waals surface area (Å²) in [6.45, 7) is 1.46. The molecule has 0 radical (unpaired) electrons. The zero-order chi connectivity index (χ0) is 44.4. The van der Waals surface area contributed by atoms with Crippen molar-refractivity contribution >= 4 is 27.6 Å². The number of ether oxygens (including phenoxy) is 3. The number of aromatic nitrogens is 2. The fourth-order valence-corrected chi connectivity index (χ4v) is 8.11. The highest BCUT2D eigenvalue weighted by Crippen LogP contribution is 2.64. The monoisotopic (exact) mass is 912 g/mol. The number of phosphoric acid groups is 2. The van der Waals surface area contributed by atoms with Gasteiger partial charge in [0.25, 0.3) is 5.56 Å². The van der Waals surface area contributed by atoms with E-state index in [1.54, 1.807) is 0 Å². The summed E-state index contributed by atoms with van der Waals surface area (Å²) in [7, 11) is -10.5. The molecule has 2 heterocycles. The van der Waals surface area contributed by atoms with Crippen molar-refractivity contribution in [1.82, 2.24) is 15.7 Å². The van der Waals surface area contributed by atoms with Crippen molar-refractivity contribution in [3.05, 3.63) is 138 Å². The lowest BCUT2D eigenvalue weighted by Gasteiger charge is -2.22. The number of carbonyl (C=O) groups is 2. The molecule has 0 bridgehead atoms. The minimum absolute atomic E-state index is 0. The van der Waals surface area contributed by atoms with Gasteiger partial charge in [-0.25, -0.2) is 18.7 Å². The zero-order valence-corrected chi connectivity index (χ0v) is 34.8. The van der Waals surface area contributed by atoms with E-state index >= 15 is 0 Å². The van der Waals surface area contributed by atoms with Gasteiger partial charge in [0.1, 0.15) is 17.7 Å². The Labute approximate surface area is 350 Å². The smallest absolute Gasteiger partial charge is 0.427 e. The number of aromatic amines is 1. The molecular formula is C37H41F3N6O14P2. The van der Waals surface area contributed by atoms with E-state index in [-0.39, 0.29) is 47.2 Å². The molecule has 4 aromatic rings. The third-order valence-electron chi connectivity index (χ3n) is 8.72.